The van der Waals surface area contributed by atoms with Crippen LogP contribution in [0.4, 0.5) is 0 Å². The zero-order valence-electron chi connectivity index (χ0n) is 26.5. The average molecular weight is 545 g/mol. The molecule has 0 atom stereocenters. The van der Waals surface area contributed by atoms with Crippen LogP contribution in [0, 0.1) is 13.8 Å². The molecule has 2 aromatic heterocycles. The molecule has 40 heavy (non-hydrogen) atoms. The van der Waals surface area contributed by atoms with Crippen molar-refractivity contribution in [1.82, 2.24) is 19.6 Å². The van der Waals surface area contributed by atoms with Crippen molar-refractivity contribution >= 4 is 0 Å². The van der Waals surface area contributed by atoms with Gasteiger partial charge >= 0.3 is 0 Å². The third-order valence-electron chi connectivity index (χ3n) is 7.14. The van der Waals surface area contributed by atoms with Crippen LogP contribution in [0.5, 0.6) is 0 Å². The Labute approximate surface area is 239 Å². The van der Waals surface area contributed by atoms with Gasteiger partial charge in [-0.2, -0.15) is 0 Å². The largest absolute Gasteiger partial charge is 0.294 e. The molecule has 2 heterocycles. The molecule has 2 N–H and O–H groups in total. The third kappa shape index (κ3) is 6.43. The molecule has 0 radical (unpaired) electrons. The quantitative estimate of drug-likeness (QED) is 0.275. The highest BCUT2D eigenvalue weighted by atomic mass is 16.1. The molecule has 0 saturated carbocycles. The number of para-hydroxylation sites is 1. The predicted octanol–water partition coefficient (Wildman–Crippen LogP) is 7.79. The first-order chi connectivity index (χ1) is 18.4. The van der Waals surface area contributed by atoms with Crippen molar-refractivity contribution in [2.45, 2.75) is 106 Å². The van der Waals surface area contributed by atoms with Crippen molar-refractivity contribution in [3.63, 3.8) is 0 Å². The number of benzene rings is 2. The van der Waals surface area contributed by atoms with Gasteiger partial charge < -0.3 is 0 Å². The van der Waals surface area contributed by atoms with Crippen molar-refractivity contribution in [3.05, 3.63) is 103 Å². The molecular formula is C34H48N4O2. The molecule has 0 aliphatic rings. The van der Waals surface area contributed by atoms with Crippen molar-refractivity contribution in [1.29, 1.82) is 0 Å². The molecular weight excluding hydrogens is 496 g/mol. The van der Waals surface area contributed by atoms with Gasteiger partial charge in [0.15, 0.2) is 0 Å². The summed E-state index contributed by atoms with van der Waals surface area (Å²) in [7, 11) is 0. The Hall–Kier alpha value is -3.54. The van der Waals surface area contributed by atoms with Gasteiger partial charge in [-0.25, -0.2) is 9.36 Å². The molecule has 4 aromatic rings. The zero-order valence-corrected chi connectivity index (χ0v) is 26.5. The van der Waals surface area contributed by atoms with Crippen LogP contribution in [0.25, 0.3) is 11.4 Å². The van der Waals surface area contributed by atoms with E-state index in [0.717, 1.165) is 39.5 Å². The number of nitrogens with zero attached hydrogens (tertiary/aromatic N) is 2. The van der Waals surface area contributed by atoms with Crippen LogP contribution in [0.15, 0.2) is 58.1 Å². The van der Waals surface area contributed by atoms with E-state index < -0.39 is 0 Å². The summed E-state index contributed by atoms with van der Waals surface area (Å²) in [6.07, 6.45) is 0. The van der Waals surface area contributed by atoms with E-state index in [1.807, 2.05) is 62.4 Å². The minimum absolute atomic E-state index is 0.0602. The lowest BCUT2D eigenvalue weighted by atomic mass is 9.85. The second-order valence-corrected chi connectivity index (χ2v) is 13.5. The Kier molecular flexibility index (Phi) is 8.93. The summed E-state index contributed by atoms with van der Waals surface area (Å²) < 4.78 is 3.35. The average Bonchev–Trinajstić information content (AvgIpc) is 3.38. The first-order valence-electron chi connectivity index (χ1n) is 14.3. The Morgan fingerprint density at radius 1 is 0.625 bits per heavy atom. The van der Waals surface area contributed by atoms with E-state index in [0.29, 0.717) is 11.8 Å². The first kappa shape index (κ1) is 31.0. The normalized spacial score (nSPS) is 12.2. The third-order valence-corrected chi connectivity index (χ3v) is 7.14. The number of hydrogen-bond donors (Lipinski definition) is 2. The lowest BCUT2D eigenvalue weighted by molar-refractivity contribution is 0.572. The van der Waals surface area contributed by atoms with E-state index in [2.05, 4.69) is 79.4 Å². The molecule has 4 rings (SSSR count). The summed E-state index contributed by atoms with van der Waals surface area (Å²) in [4.78, 5) is 25.6. The van der Waals surface area contributed by atoms with Crippen molar-refractivity contribution in [3.8, 4) is 11.4 Å². The van der Waals surface area contributed by atoms with Gasteiger partial charge in [0, 0.05) is 22.5 Å². The van der Waals surface area contributed by atoms with Gasteiger partial charge in [-0.05, 0) is 60.3 Å². The van der Waals surface area contributed by atoms with Crippen LogP contribution in [-0.4, -0.2) is 19.6 Å². The fourth-order valence-corrected chi connectivity index (χ4v) is 5.05. The summed E-state index contributed by atoms with van der Waals surface area (Å²) >= 11 is 0. The van der Waals surface area contributed by atoms with E-state index in [9.17, 15) is 9.59 Å². The SMILES string of the molecule is Cc1ccc(-n2[nH]c(C(C)C)c(C(C)(C)C)c2=O)cc1.Cc1ccccc1-n1[nH]c(C(C)C)c(C(C)(C)C)c1=O. The Balaban J connectivity index is 0.000000220. The maximum absolute atomic E-state index is 12.8. The summed E-state index contributed by atoms with van der Waals surface area (Å²) in [5, 5.41) is 6.61. The second kappa shape index (κ2) is 11.5. The summed E-state index contributed by atoms with van der Waals surface area (Å²) in [5.41, 5.74) is 7.72. The van der Waals surface area contributed by atoms with Crippen LogP contribution in [0.3, 0.4) is 0 Å². The van der Waals surface area contributed by atoms with Crippen molar-refractivity contribution in [2.75, 3.05) is 0 Å². The van der Waals surface area contributed by atoms with Gasteiger partial charge in [0.25, 0.3) is 11.1 Å². The maximum atomic E-state index is 12.8. The molecule has 0 bridgehead atoms. The highest BCUT2D eigenvalue weighted by Gasteiger charge is 2.28. The molecule has 0 amide bonds. The standard InChI is InChI=1S/2C17H24N2O/c1-11(2)15-14(17(4,5)6)16(20)19(18-15)13-9-7-12(3)8-10-13;1-11(2)15-14(17(4,5)6)16(20)19(18-15)13-10-8-7-9-12(13)3/h2*7-11,18H,1-6H3. The number of H-pyrrole nitrogens is 2. The molecule has 0 fully saturated rings. The van der Waals surface area contributed by atoms with E-state index in [1.165, 1.54) is 5.56 Å². The Morgan fingerprint density at radius 2 is 1.05 bits per heavy atom. The highest BCUT2D eigenvalue weighted by molar-refractivity contribution is 5.42. The molecule has 0 saturated heterocycles. The smallest absolute Gasteiger partial charge is 0.275 e. The van der Waals surface area contributed by atoms with Crippen LogP contribution in [0.2, 0.25) is 0 Å². The van der Waals surface area contributed by atoms with Gasteiger partial charge in [-0.3, -0.25) is 19.8 Å². The van der Waals surface area contributed by atoms with Crippen LogP contribution in [-0.2, 0) is 10.8 Å². The van der Waals surface area contributed by atoms with Crippen molar-refractivity contribution < 1.29 is 0 Å². The van der Waals surface area contributed by atoms with Crippen LogP contribution >= 0.6 is 0 Å². The van der Waals surface area contributed by atoms with Gasteiger partial charge in [0.1, 0.15) is 0 Å². The Bertz CT molecular complexity index is 1560. The van der Waals surface area contributed by atoms with E-state index in [1.54, 1.807) is 9.36 Å². The van der Waals surface area contributed by atoms with E-state index in [-0.39, 0.29) is 21.9 Å². The van der Waals surface area contributed by atoms with Gasteiger partial charge in [-0.1, -0.05) is 105 Å². The van der Waals surface area contributed by atoms with Crippen LogP contribution < -0.4 is 11.1 Å². The number of nitrogens with one attached hydrogen (secondary N) is 2. The van der Waals surface area contributed by atoms with Crippen molar-refractivity contribution in [2.24, 2.45) is 0 Å². The summed E-state index contributed by atoms with van der Waals surface area (Å²) in [6.45, 7) is 25.0. The molecule has 2 aromatic carbocycles. The molecule has 6 heteroatoms. The first-order valence-corrected chi connectivity index (χ1v) is 14.3. The molecule has 216 valence electrons. The molecule has 0 spiro atoms. The molecule has 0 aliphatic heterocycles. The minimum atomic E-state index is -0.166. The fraction of sp³-hybridized carbons (Fsp3) is 0.471. The number of rotatable bonds is 4. The highest BCUT2D eigenvalue weighted by Crippen LogP contribution is 2.28. The second-order valence-electron chi connectivity index (χ2n) is 13.5. The number of aryl methyl sites for hydroxylation is 2. The van der Waals surface area contributed by atoms with E-state index in [4.69, 9.17) is 0 Å². The molecule has 0 unspecified atom stereocenters. The van der Waals surface area contributed by atoms with Gasteiger partial charge in [0.05, 0.1) is 11.4 Å². The van der Waals surface area contributed by atoms with Crippen LogP contribution in [0.1, 0.15) is 115 Å². The lowest BCUT2D eigenvalue weighted by Gasteiger charge is -2.18. The summed E-state index contributed by atoms with van der Waals surface area (Å²) in [6, 6.07) is 15.9. The number of aromatic amines is 2. The zero-order chi connectivity index (χ0) is 30.2. The monoisotopic (exact) mass is 544 g/mol. The minimum Gasteiger partial charge on any atom is -0.294 e. The Morgan fingerprint density at radius 3 is 1.45 bits per heavy atom. The fourth-order valence-electron chi connectivity index (χ4n) is 5.05. The van der Waals surface area contributed by atoms with E-state index >= 15 is 0 Å². The molecule has 6 nitrogen and oxygen atoms in total. The number of hydrogen-bond acceptors (Lipinski definition) is 2. The van der Waals surface area contributed by atoms with Gasteiger partial charge in [0.2, 0.25) is 0 Å². The topological polar surface area (TPSA) is 75.6 Å². The molecule has 0 aliphatic carbocycles. The number of aromatic nitrogens is 4. The summed E-state index contributed by atoms with van der Waals surface area (Å²) in [5.74, 6) is 0.589. The maximum Gasteiger partial charge on any atom is 0.275 e. The lowest BCUT2D eigenvalue weighted by Crippen LogP contribution is -2.26. The predicted molar refractivity (Wildman–Crippen MR) is 168 cm³/mol. The van der Waals surface area contributed by atoms with Gasteiger partial charge in [-0.15, -0.1) is 0 Å².